The molecule has 0 aliphatic carbocycles. The number of benzene rings is 1. The van der Waals surface area contributed by atoms with Crippen molar-refractivity contribution in [2.24, 2.45) is 0 Å². The molecule has 1 aromatic heterocycles. The summed E-state index contributed by atoms with van der Waals surface area (Å²) in [6.07, 6.45) is 1.57. The van der Waals surface area contributed by atoms with Crippen molar-refractivity contribution in [2.75, 3.05) is 5.32 Å². The quantitative estimate of drug-likeness (QED) is 0.791. The van der Waals surface area contributed by atoms with E-state index in [1.807, 2.05) is 31.2 Å². The Morgan fingerprint density at radius 2 is 2.00 bits per heavy atom. The maximum Gasteiger partial charge on any atom is 0.256 e. The van der Waals surface area contributed by atoms with E-state index >= 15 is 0 Å². The number of aromatic nitrogens is 2. The summed E-state index contributed by atoms with van der Waals surface area (Å²) >= 11 is 0. The molecular weight excluding hydrogens is 214 g/mol. The van der Waals surface area contributed by atoms with Gasteiger partial charge < -0.3 is 5.32 Å². The van der Waals surface area contributed by atoms with Gasteiger partial charge in [0.1, 0.15) is 5.82 Å². The number of carbonyl (C=O) groups excluding carboxylic acids is 1. The minimum absolute atomic E-state index is 0.238. The summed E-state index contributed by atoms with van der Waals surface area (Å²) in [4.78, 5) is 11.8. The third-order valence-corrected chi connectivity index (χ3v) is 2.42. The molecule has 17 heavy (non-hydrogen) atoms. The average Bonchev–Trinajstić information content (AvgIpc) is 2.82. The van der Waals surface area contributed by atoms with E-state index in [1.165, 1.54) is 0 Å². The highest BCUT2D eigenvalue weighted by molar-refractivity contribution is 6.24. The summed E-state index contributed by atoms with van der Waals surface area (Å²) in [5.74, 6) is 0.321. The van der Waals surface area contributed by atoms with Crippen molar-refractivity contribution in [1.29, 1.82) is 0 Å². The molecule has 2 rings (SSSR count). The standard InChI is InChI=1S/C13H13N3O/c1-9-3-5-11(6-4-9)10(2)13(17)15-12-7-8-14-16-12/h3-8H,2H2,1H3,(H2,14,15,16,17). The zero-order valence-corrected chi connectivity index (χ0v) is 9.53. The van der Waals surface area contributed by atoms with Gasteiger partial charge in [0.25, 0.3) is 5.91 Å². The topological polar surface area (TPSA) is 57.8 Å². The number of aromatic amines is 1. The zero-order chi connectivity index (χ0) is 12.3. The third-order valence-electron chi connectivity index (χ3n) is 2.42. The minimum Gasteiger partial charge on any atom is -0.307 e. The molecule has 4 nitrogen and oxygen atoms in total. The number of nitrogens with zero attached hydrogens (tertiary/aromatic N) is 1. The summed E-state index contributed by atoms with van der Waals surface area (Å²) in [6.45, 7) is 5.79. The van der Waals surface area contributed by atoms with Crippen molar-refractivity contribution in [2.45, 2.75) is 6.92 Å². The molecule has 4 heteroatoms. The van der Waals surface area contributed by atoms with Gasteiger partial charge in [-0.15, -0.1) is 0 Å². The van der Waals surface area contributed by atoms with Gasteiger partial charge in [-0.25, -0.2) is 0 Å². The second-order valence-electron chi connectivity index (χ2n) is 3.77. The van der Waals surface area contributed by atoms with Gasteiger partial charge in [-0.3, -0.25) is 9.89 Å². The Hall–Kier alpha value is -2.36. The van der Waals surface area contributed by atoms with Gasteiger partial charge in [-0.1, -0.05) is 36.4 Å². The van der Waals surface area contributed by atoms with Crippen LogP contribution in [-0.4, -0.2) is 16.1 Å². The van der Waals surface area contributed by atoms with Crippen LogP contribution in [0.5, 0.6) is 0 Å². The molecule has 1 aromatic carbocycles. The van der Waals surface area contributed by atoms with Gasteiger partial charge in [0.15, 0.2) is 0 Å². The van der Waals surface area contributed by atoms with E-state index in [1.54, 1.807) is 12.3 Å². The largest absolute Gasteiger partial charge is 0.307 e. The molecule has 0 saturated carbocycles. The van der Waals surface area contributed by atoms with Crippen LogP contribution in [0.3, 0.4) is 0 Å². The summed E-state index contributed by atoms with van der Waals surface area (Å²) in [5.41, 5.74) is 2.39. The number of H-pyrrole nitrogens is 1. The molecule has 2 N–H and O–H groups in total. The van der Waals surface area contributed by atoms with Crippen molar-refractivity contribution in [3.8, 4) is 0 Å². The number of nitrogens with one attached hydrogen (secondary N) is 2. The Morgan fingerprint density at radius 1 is 1.29 bits per heavy atom. The Labute approximate surface area is 99.4 Å². The second kappa shape index (κ2) is 4.65. The third kappa shape index (κ3) is 2.60. The smallest absolute Gasteiger partial charge is 0.256 e. The predicted octanol–water partition coefficient (Wildman–Crippen LogP) is 2.37. The highest BCUT2D eigenvalue weighted by Crippen LogP contribution is 2.15. The first kappa shape index (κ1) is 11.1. The highest BCUT2D eigenvalue weighted by atomic mass is 16.1. The highest BCUT2D eigenvalue weighted by Gasteiger charge is 2.09. The van der Waals surface area contributed by atoms with Crippen LogP contribution in [0.25, 0.3) is 5.57 Å². The minimum atomic E-state index is -0.238. The molecule has 0 saturated heterocycles. The van der Waals surface area contributed by atoms with Crippen molar-refractivity contribution < 1.29 is 4.79 Å². The first-order valence-electron chi connectivity index (χ1n) is 5.23. The van der Waals surface area contributed by atoms with Crippen molar-refractivity contribution in [1.82, 2.24) is 10.2 Å². The molecule has 0 aliphatic rings. The van der Waals surface area contributed by atoms with Crippen molar-refractivity contribution >= 4 is 17.3 Å². The lowest BCUT2D eigenvalue weighted by atomic mass is 10.1. The van der Waals surface area contributed by atoms with E-state index in [-0.39, 0.29) is 5.91 Å². The van der Waals surface area contributed by atoms with Gasteiger partial charge in [0.05, 0.1) is 6.20 Å². The van der Waals surface area contributed by atoms with E-state index < -0.39 is 0 Å². The number of rotatable bonds is 3. The van der Waals surface area contributed by atoms with Gasteiger partial charge in [0.2, 0.25) is 0 Å². The lowest BCUT2D eigenvalue weighted by Gasteiger charge is -2.06. The monoisotopic (exact) mass is 227 g/mol. The molecular formula is C13H13N3O. The SMILES string of the molecule is C=C(C(=O)Nc1ccn[nH]1)c1ccc(C)cc1. The molecule has 1 heterocycles. The van der Waals surface area contributed by atoms with E-state index in [9.17, 15) is 4.79 Å². The lowest BCUT2D eigenvalue weighted by Crippen LogP contribution is -2.13. The molecule has 1 amide bonds. The molecule has 0 aliphatic heterocycles. The number of hydrogen-bond donors (Lipinski definition) is 2. The molecule has 0 unspecified atom stereocenters. The molecule has 0 bridgehead atoms. The molecule has 0 fully saturated rings. The first-order valence-corrected chi connectivity index (χ1v) is 5.23. The van der Waals surface area contributed by atoms with Crippen molar-refractivity contribution in [3.63, 3.8) is 0 Å². The van der Waals surface area contributed by atoms with Crippen LogP contribution in [0.15, 0.2) is 43.1 Å². The molecule has 0 radical (unpaired) electrons. The van der Waals surface area contributed by atoms with E-state index in [0.29, 0.717) is 11.4 Å². The fourth-order valence-electron chi connectivity index (χ4n) is 1.41. The number of amides is 1. The average molecular weight is 227 g/mol. The number of anilines is 1. The Bertz CT molecular complexity index is 526. The van der Waals surface area contributed by atoms with Crippen LogP contribution in [0.2, 0.25) is 0 Å². The zero-order valence-electron chi connectivity index (χ0n) is 9.53. The fourth-order valence-corrected chi connectivity index (χ4v) is 1.41. The van der Waals surface area contributed by atoms with Crippen LogP contribution in [0.1, 0.15) is 11.1 Å². The van der Waals surface area contributed by atoms with E-state index in [2.05, 4.69) is 22.1 Å². The van der Waals surface area contributed by atoms with Gasteiger partial charge >= 0.3 is 0 Å². The number of aryl methyl sites for hydroxylation is 1. The summed E-state index contributed by atoms with van der Waals surface area (Å²) in [6, 6.07) is 9.34. The summed E-state index contributed by atoms with van der Waals surface area (Å²) < 4.78 is 0. The molecule has 0 atom stereocenters. The maximum absolute atomic E-state index is 11.8. The van der Waals surface area contributed by atoms with Crippen LogP contribution in [-0.2, 0) is 4.79 Å². The predicted molar refractivity (Wildman–Crippen MR) is 67.4 cm³/mol. The van der Waals surface area contributed by atoms with Gasteiger partial charge in [-0.05, 0) is 12.5 Å². The van der Waals surface area contributed by atoms with E-state index in [4.69, 9.17) is 0 Å². The normalized spacial score (nSPS) is 9.94. The maximum atomic E-state index is 11.8. The lowest BCUT2D eigenvalue weighted by molar-refractivity contribution is -0.111. The van der Waals surface area contributed by atoms with E-state index in [0.717, 1.165) is 11.1 Å². The molecule has 2 aromatic rings. The van der Waals surface area contributed by atoms with Crippen LogP contribution in [0, 0.1) is 6.92 Å². The van der Waals surface area contributed by atoms with Crippen LogP contribution in [0.4, 0.5) is 5.82 Å². The second-order valence-corrected chi connectivity index (χ2v) is 3.77. The number of carbonyl (C=O) groups is 1. The number of hydrogen-bond acceptors (Lipinski definition) is 2. The summed E-state index contributed by atoms with van der Waals surface area (Å²) in [7, 11) is 0. The van der Waals surface area contributed by atoms with Crippen molar-refractivity contribution in [3.05, 3.63) is 54.2 Å². The van der Waals surface area contributed by atoms with Gasteiger partial charge in [-0.2, -0.15) is 5.10 Å². The Kier molecular flexibility index (Phi) is 3.05. The fraction of sp³-hybridized carbons (Fsp3) is 0.0769. The van der Waals surface area contributed by atoms with Gasteiger partial charge in [0, 0.05) is 11.6 Å². The van der Waals surface area contributed by atoms with Crippen LogP contribution >= 0.6 is 0 Å². The first-order chi connectivity index (χ1) is 8.16. The molecule has 0 spiro atoms. The summed E-state index contributed by atoms with van der Waals surface area (Å²) in [5, 5.41) is 9.09. The Balaban J connectivity index is 2.10. The molecule has 86 valence electrons. The Morgan fingerprint density at radius 3 is 2.59 bits per heavy atom. The van der Waals surface area contributed by atoms with Crippen LogP contribution < -0.4 is 5.32 Å².